The quantitative estimate of drug-likeness (QED) is 0.811. The summed E-state index contributed by atoms with van der Waals surface area (Å²) in [5.74, 6) is 1.68. The first kappa shape index (κ1) is 14.6. The fourth-order valence-electron chi connectivity index (χ4n) is 3.10. The SMILES string of the molecule is CCCNC(CC1Cc2ccccc21)c1cc(OC)cs1. The molecule has 0 spiro atoms. The van der Waals surface area contributed by atoms with E-state index in [1.54, 1.807) is 24.0 Å². The summed E-state index contributed by atoms with van der Waals surface area (Å²) in [6.45, 7) is 3.29. The maximum atomic E-state index is 5.33. The number of rotatable bonds is 7. The minimum Gasteiger partial charge on any atom is -0.496 e. The fraction of sp³-hybridized carbons (Fsp3) is 0.444. The molecule has 0 saturated heterocycles. The molecule has 1 heterocycles. The van der Waals surface area contributed by atoms with Gasteiger partial charge in [-0.25, -0.2) is 0 Å². The third-order valence-electron chi connectivity index (χ3n) is 4.30. The maximum Gasteiger partial charge on any atom is 0.129 e. The van der Waals surface area contributed by atoms with Crippen molar-refractivity contribution in [2.75, 3.05) is 13.7 Å². The topological polar surface area (TPSA) is 21.3 Å². The molecule has 1 aliphatic rings. The Hall–Kier alpha value is -1.32. The molecule has 112 valence electrons. The molecule has 3 rings (SSSR count). The molecule has 0 aliphatic heterocycles. The van der Waals surface area contributed by atoms with Crippen LogP contribution >= 0.6 is 11.3 Å². The van der Waals surface area contributed by atoms with E-state index in [1.165, 1.54) is 29.7 Å². The van der Waals surface area contributed by atoms with Crippen LogP contribution in [0.1, 0.15) is 47.7 Å². The second-order valence-electron chi connectivity index (χ2n) is 5.73. The summed E-state index contributed by atoms with van der Waals surface area (Å²) in [4.78, 5) is 1.39. The Bertz CT molecular complexity index is 592. The molecule has 1 aliphatic carbocycles. The number of thiophene rings is 1. The molecular weight excluding hydrogens is 278 g/mol. The van der Waals surface area contributed by atoms with Crippen molar-refractivity contribution in [2.24, 2.45) is 0 Å². The largest absolute Gasteiger partial charge is 0.496 e. The Labute approximate surface area is 131 Å². The number of hydrogen-bond donors (Lipinski definition) is 1. The number of nitrogens with one attached hydrogen (secondary N) is 1. The van der Waals surface area contributed by atoms with Gasteiger partial charge < -0.3 is 10.1 Å². The van der Waals surface area contributed by atoms with E-state index < -0.39 is 0 Å². The van der Waals surface area contributed by atoms with Crippen molar-refractivity contribution in [3.63, 3.8) is 0 Å². The number of ether oxygens (including phenoxy) is 1. The van der Waals surface area contributed by atoms with Crippen molar-refractivity contribution in [2.45, 2.75) is 38.1 Å². The molecule has 2 atom stereocenters. The fourth-order valence-corrected chi connectivity index (χ4v) is 4.04. The van der Waals surface area contributed by atoms with Gasteiger partial charge in [0.05, 0.1) is 7.11 Å². The monoisotopic (exact) mass is 301 g/mol. The summed E-state index contributed by atoms with van der Waals surface area (Å²) < 4.78 is 5.33. The van der Waals surface area contributed by atoms with Crippen LogP contribution in [0.5, 0.6) is 5.75 Å². The van der Waals surface area contributed by atoms with Crippen molar-refractivity contribution in [1.29, 1.82) is 0 Å². The van der Waals surface area contributed by atoms with Gasteiger partial charge in [-0.05, 0) is 48.9 Å². The average molecular weight is 301 g/mol. The molecular formula is C18H23NOS. The molecule has 0 bridgehead atoms. The lowest BCUT2D eigenvalue weighted by Gasteiger charge is -2.33. The predicted molar refractivity (Wildman–Crippen MR) is 89.4 cm³/mol. The predicted octanol–water partition coefficient (Wildman–Crippen LogP) is 4.53. The summed E-state index contributed by atoms with van der Waals surface area (Å²) >= 11 is 1.80. The zero-order chi connectivity index (χ0) is 14.7. The standard InChI is InChI=1S/C18H23NOS/c1-3-8-19-17(18-11-15(20-2)12-21-18)10-14-9-13-6-4-5-7-16(13)14/h4-7,11-12,14,17,19H,3,8-10H2,1-2H3. The summed E-state index contributed by atoms with van der Waals surface area (Å²) in [5, 5.41) is 5.81. The van der Waals surface area contributed by atoms with Gasteiger partial charge >= 0.3 is 0 Å². The van der Waals surface area contributed by atoms with Crippen LogP contribution in [0, 0.1) is 0 Å². The first-order valence-electron chi connectivity index (χ1n) is 7.75. The first-order valence-corrected chi connectivity index (χ1v) is 8.63. The van der Waals surface area contributed by atoms with Crippen LogP contribution in [-0.2, 0) is 6.42 Å². The van der Waals surface area contributed by atoms with E-state index in [9.17, 15) is 0 Å². The molecule has 2 aromatic rings. The van der Waals surface area contributed by atoms with Crippen LogP contribution in [0.15, 0.2) is 35.7 Å². The normalized spacial score (nSPS) is 17.9. The van der Waals surface area contributed by atoms with Gasteiger partial charge in [-0.1, -0.05) is 31.2 Å². The van der Waals surface area contributed by atoms with Gasteiger partial charge in [0.2, 0.25) is 0 Å². The van der Waals surface area contributed by atoms with Gasteiger partial charge in [0.25, 0.3) is 0 Å². The minimum absolute atomic E-state index is 0.442. The lowest BCUT2D eigenvalue weighted by atomic mass is 9.74. The van der Waals surface area contributed by atoms with E-state index in [0.29, 0.717) is 12.0 Å². The Morgan fingerprint density at radius 1 is 1.38 bits per heavy atom. The van der Waals surface area contributed by atoms with Crippen molar-refractivity contribution in [3.8, 4) is 5.75 Å². The Balaban J connectivity index is 1.71. The van der Waals surface area contributed by atoms with Crippen molar-refractivity contribution >= 4 is 11.3 Å². The molecule has 0 saturated carbocycles. The van der Waals surface area contributed by atoms with E-state index in [1.807, 2.05) is 0 Å². The van der Waals surface area contributed by atoms with Crippen molar-refractivity contribution in [1.82, 2.24) is 5.32 Å². The van der Waals surface area contributed by atoms with Crippen LogP contribution in [0.2, 0.25) is 0 Å². The van der Waals surface area contributed by atoms with E-state index in [-0.39, 0.29) is 0 Å². The molecule has 0 fully saturated rings. The number of hydrogen-bond acceptors (Lipinski definition) is 3. The maximum absolute atomic E-state index is 5.33. The molecule has 1 N–H and O–H groups in total. The summed E-state index contributed by atoms with van der Waals surface area (Å²) in [6.07, 6.45) is 3.57. The highest BCUT2D eigenvalue weighted by atomic mass is 32.1. The third kappa shape index (κ3) is 3.14. The first-order chi connectivity index (χ1) is 10.3. The summed E-state index contributed by atoms with van der Waals surface area (Å²) in [7, 11) is 1.74. The molecule has 2 nitrogen and oxygen atoms in total. The number of benzene rings is 1. The lowest BCUT2D eigenvalue weighted by molar-refractivity contribution is 0.412. The molecule has 2 unspecified atom stereocenters. The average Bonchev–Trinajstić information content (AvgIpc) is 2.96. The minimum atomic E-state index is 0.442. The van der Waals surface area contributed by atoms with Gasteiger partial charge in [0.15, 0.2) is 0 Å². The highest BCUT2D eigenvalue weighted by Gasteiger charge is 2.29. The van der Waals surface area contributed by atoms with E-state index in [0.717, 1.165) is 12.3 Å². The summed E-state index contributed by atoms with van der Waals surface area (Å²) in [5.41, 5.74) is 3.07. The molecule has 1 aromatic heterocycles. The zero-order valence-electron chi connectivity index (χ0n) is 12.8. The van der Waals surface area contributed by atoms with E-state index >= 15 is 0 Å². The molecule has 1 aromatic carbocycles. The van der Waals surface area contributed by atoms with Crippen molar-refractivity contribution < 1.29 is 4.74 Å². The van der Waals surface area contributed by atoms with Crippen LogP contribution < -0.4 is 10.1 Å². The Morgan fingerprint density at radius 2 is 2.24 bits per heavy atom. The van der Waals surface area contributed by atoms with Gasteiger partial charge in [-0.15, -0.1) is 11.3 Å². The van der Waals surface area contributed by atoms with E-state index in [4.69, 9.17) is 4.74 Å². The van der Waals surface area contributed by atoms with Gasteiger partial charge in [0.1, 0.15) is 5.75 Å². The Kier molecular flexibility index (Phi) is 4.61. The highest BCUT2D eigenvalue weighted by molar-refractivity contribution is 7.10. The van der Waals surface area contributed by atoms with Crippen LogP contribution in [0.25, 0.3) is 0 Å². The van der Waals surface area contributed by atoms with Crippen molar-refractivity contribution in [3.05, 3.63) is 51.7 Å². The second-order valence-corrected chi connectivity index (χ2v) is 6.67. The van der Waals surface area contributed by atoms with Gasteiger partial charge in [-0.2, -0.15) is 0 Å². The van der Waals surface area contributed by atoms with Gasteiger partial charge in [-0.3, -0.25) is 0 Å². The molecule has 3 heteroatoms. The van der Waals surface area contributed by atoms with Crippen LogP contribution in [0.4, 0.5) is 0 Å². The van der Waals surface area contributed by atoms with Crippen LogP contribution in [0.3, 0.4) is 0 Å². The van der Waals surface area contributed by atoms with Gasteiger partial charge in [0, 0.05) is 16.3 Å². The third-order valence-corrected chi connectivity index (χ3v) is 5.32. The molecule has 0 amide bonds. The zero-order valence-corrected chi connectivity index (χ0v) is 13.6. The van der Waals surface area contributed by atoms with Crippen LogP contribution in [-0.4, -0.2) is 13.7 Å². The molecule has 21 heavy (non-hydrogen) atoms. The lowest BCUT2D eigenvalue weighted by Crippen LogP contribution is -2.27. The molecule has 0 radical (unpaired) electrons. The highest BCUT2D eigenvalue weighted by Crippen LogP contribution is 2.42. The second kappa shape index (κ2) is 6.63. The summed E-state index contributed by atoms with van der Waals surface area (Å²) in [6, 6.07) is 11.5. The van der Waals surface area contributed by atoms with E-state index in [2.05, 4.69) is 48.0 Å². The number of fused-ring (bicyclic) bond motifs is 1. The number of methoxy groups -OCH3 is 1. The Morgan fingerprint density at radius 3 is 2.95 bits per heavy atom. The smallest absolute Gasteiger partial charge is 0.129 e.